The van der Waals surface area contributed by atoms with E-state index in [1.807, 2.05) is 19.1 Å². The number of halogens is 2. The first kappa shape index (κ1) is 14.4. The molecule has 2 nitrogen and oxygen atoms in total. The van der Waals surface area contributed by atoms with Crippen molar-refractivity contribution < 1.29 is 9.13 Å². The third kappa shape index (κ3) is 3.28. The highest BCUT2D eigenvalue weighted by molar-refractivity contribution is 6.31. The lowest BCUT2D eigenvalue weighted by Gasteiger charge is -2.09. The minimum Gasteiger partial charge on any atom is -0.489 e. The molecule has 0 N–H and O–H groups in total. The number of rotatable bonds is 4. The third-order valence-electron chi connectivity index (χ3n) is 2.95. The van der Waals surface area contributed by atoms with Crippen LogP contribution in [0.5, 0.6) is 5.75 Å². The maximum atomic E-state index is 13.2. The molecule has 0 aliphatic carbocycles. The van der Waals surface area contributed by atoms with E-state index in [4.69, 9.17) is 21.6 Å². The predicted molar refractivity (Wildman–Crippen MR) is 76.3 cm³/mol. The van der Waals surface area contributed by atoms with Crippen molar-refractivity contribution in [3.63, 3.8) is 0 Å². The molecule has 0 spiro atoms. The molecule has 0 bridgehead atoms. The van der Waals surface area contributed by atoms with E-state index >= 15 is 0 Å². The van der Waals surface area contributed by atoms with Gasteiger partial charge in [0.05, 0.1) is 5.56 Å². The van der Waals surface area contributed by atoms with Gasteiger partial charge in [-0.25, -0.2) is 4.39 Å². The maximum Gasteiger partial charge on any atom is 0.140 e. The van der Waals surface area contributed by atoms with E-state index in [2.05, 4.69) is 0 Å². The van der Waals surface area contributed by atoms with Crippen molar-refractivity contribution in [2.24, 2.45) is 0 Å². The fourth-order valence-corrected chi connectivity index (χ4v) is 2.08. The maximum absolute atomic E-state index is 13.2. The van der Waals surface area contributed by atoms with Crippen molar-refractivity contribution in [2.45, 2.75) is 20.0 Å². The van der Waals surface area contributed by atoms with E-state index in [9.17, 15) is 4.39 Å². The number of benzene rings is 2. The van der Waals surface area contributed by atoms with Crippen molar-refractivity contribution in [3.8, 4) is 11.8 Å². The van der Waals surface area contributed by atoms with Gasteiger partial charge < -0.3 is 4.74 Å². The van der Waals surface area contributed by atoms with Crippen LogP contribution in [0.3, 0.4) is 0 Å². The minimum absolute atomic E-state index is 0.0245. The van der Waals surface area contributed by atoms with Crippen LogP contribution in [0.4, 0.5) is 4.39 Å². The second kappa shape index (κ2) is 6.40. The van der Waals surface area contributed by atoms with Crippen molar-refractivity contribution in [1.82, 2.24) is 0 Å². The van der Waals surface area contributed by atoms with E-state index < -0.39 is 5.82 Å². The summed E-state index contributed by atoms with van der Waals surface area (Å²) < 4.78 is 18.8. The van der Waals surface area contributed by atoms with Gasteiger partial charge in [-0.1, -0.05) is 24.6 Å². The van der Waals surface area contributed by atoms with Crippen LogP contribution in [-0.2, 0) is 13.0 Å². The van der Waals surface area contributed by atoms with Gasteiger partial charge in [0.1, 0.15) is 24.2 Å². The summed E-state index contributed by atoms with van der Waals surface area (Å²) in [5.74, 6) is 0.185. The number of nitriles is 1. The summed E-state index contributed by atoms with van der Waals surface area (Å²) in [7, 11) is 0. The Morgan fingerprint density at radius 3 is 2.75 bits per heavy atom. The van der Waals surface area contributed by atoms with Crippen molar-refractivity contribution >= 4 is 11.6 Å². The molecule has 2 rings (SSSR count). The zero-order chi connectivity index (χ0) is 14.5. The van der Waals surface area contributed by atoms with Crippen LogP contribution in [0, 0.1) is 17.1 Å². The fourth-order valence-electron chi connectivity index (χ4n) is 1.83. The number of hydrogen-bond acceptors (Lipinski definition) is 2. The summed E-state index contributed by atoms with van der Waals surface area (Å²) in [6.07, 6.45) is 0.825. The Bertz CT molecular complexity index is 664. The standard InChI is InChI=1S/C16H13ClFNO/c1-2-12-8-14(4-5-15(12)17)20-10-11-3-6-16(18)13(7-11)9-19/h3-8H,2,10H2,1H3. The Morgan fingerprint density at radius 1 is 1.25 bits per heavy atom. The van der Waals surface area contributed by atoms with Crippen LogP contribution in [0.2, 0.25) is 5.02 Å². The van der Waals surface area contributed by atoms with Gasteiger partial charge >= 0.3 is 0 Å². The van der Waals surface area contributed by atoms with Crippen LogP contribution in [-0.4, -0.2) is 0 Å². The lowest BCUT2D eigenvalue weighted by molar-refractivity contribution is 0.305. The Labute approximate surface area is 122 Å². The molecule has 0 aliphatic rings. The topological polar surface area (TPSA) is 33.0 Å². The molecule has 2 aromatic carbocycles. The van der Waals surface area contributed by atoms with Crippen LogP contribution in [0.1, 0.15) is 23.6 Å². The molecule has 0 radical (unpaired) electrons. The summed E-state index contributed by atoms with van der Waals surface area (Å²) in [5, 5.41) is 9.50. The smallest absolute Gasteiger partial charge is 0.140 e. The molecule has 0 aliphatic heterocycles. The zero-order valence-electron chi connectivity index (χ0n) is 11.0. The predicted octanol–water partition coefficient (Wildman–Crippen LogP) is 4.49. The molecule has 0 unspecified atom stereocenters. The highest BCUT2D eigenvalue weighted by Crippen LogP contribution is 2.23. The van der Waals surface area contributed by atoms with Crippen LogP contribution in [0.15, 0.2) is 36.4 Å². The van der Waals surface area contributed by atoms with Gasteiger partial charge in [0, 0.05) is 5.02 Å². The number of hydrogen-bond donors (Lipinski definition) is 0. The monoisotopic (exact) mass is 289 g/mol. The SMILES string of the molecule is CCc1cc(OCc2ccc(F)c(C#N)c2)ccc1Cl. The van der Waals surface area contributed by atoms with Gasteiger partial charge in [-0.05, 0) is 47.9 Å². The third-order valence-corrected chi connectivity index (χ3v) is 3.32. The van der Waals surface area contributed by atoms with Crippen molar-refractivity contribution in [3.05, 3.63) is 63.9 Å². The number of aryl methyl sites for hydroxylation is 1. The molecule has 0 aromatic heterocycles. The minimum atomic E-state index is -0.518. The molecular formula is C16H13ClFNO. The van der Waals surface area contributed by atoms with Gasteiger partial charge in [0.15, 0.2) is 0 Å². The normalized spacial score (nSPS) is 10.1. The van der Waals surface area contributed by atoms with E-state index in [0.29, 0.717) is 10.8 Å². The molecule has 4 heteroatoms. The van der Waals surface area contributed by atoms with E-state index in [-0.39, 0.29) is 12.2 Å². The Hall–Kier alpha value is -2.05. The average molecular weight is 290 g/mol. The van der Waals surface area contributed by atoms with Gasteiger partial charge in [0.25, 0.3) is 0 Å². The van der Waals surface area contributed by atoms with Crippen molar-refractivity contribution in [2.75, 3.05) is 0 Å². The molecule has 2 aromatic rings. The average Bonchev–Trinajstić information content (AvgIpc) is 2.47. The Kier molecular flexibility index (Phi) is 4.60. The lowest BCUT2D eigenvalue weighted by atomic mass is 10.1. The molecule has 0 fully saturated rings. The first-order chi connectivity index (χ1) is 9.63. The van der Waals surface area contributed by atoms with Gasteiger partial charge in [-0.3, -0.25) is 0 Å². The first-order valence-electron chi connectivity index (χ1n) is 6.23. The summed E-state index contributed by atoms with van der Waals surface area (Å²) in [5.41, 5.74) is 1.79. The second-order valence-electron chi connectivity index (χ2n) is 4.32. The van der Waals surface area contributed by atoms with E-state index in [1.165, 1.54) is 12.1 Å². The summed E-state index contributed by atoms with van der Waals surface area (Å²) >= 11 is 6.04. The van der Waals surface area contributed by atoms with Crippen LogP contribution >= 0.6 is 11.6 Å². The Balaban J connectivity index is 2.11. The fraction of sp³-hybridized carbons (Fsp3) is 0.188. The molecule has 0 atom stereocenters. The second-order valence-corrected chi connectivity index (χ2v) is 4.73. The van der Waals surface area contributed by atoms with Crippen molar-refractivity contribution in [1.29, 1.82) is 5.26 Å². The number of ether oxygens (including phenoxy) is 1. The molecular weight excluding hydrogens is 277 g/mol. The number of nitrogens with zero attached hydrogens (tertiary/aromatic N) is 1. The Morgan fingerprint density at radius 2 is 2.05 bits per heavy atom. The lowest BCUT2D eigenvalue weighted by Crippen LogP contribution is -1.97. The molecule has 0 saturated carbocycles. The quantitative estimate of drug-likeness (QED) is 0.830. The summed E-state index contributed by atoms with van der Waals surface area (Å²) in [6, 6.07) is 11.6. The van der Waals surface area contributed by atoms with Crippen LogP contribution < -0.4 is 4.74 Å². The molecule has 0 amide bonds. The zero-order valence-corrected chi connectivity index (χ0v) is 11.7. The molecule has 0 heterocycles. The molecule has 102 valence electrons. The largest absolute Gasteiger partial charge is 0.489 e. The summed E-state index contributed by atoms with van der Waals surface area (Å²) in [4.78, 5) is 0. The van der Waals surface area contributed by atoms with Gasteiger partial charge in [-0.15, -0.1) is 0 Å². The molecule has 0 saturated heterocycles. The first-order valence-corrected chi connectivity index (χ1v) is 6.61. The van der Waals surface area contributed by atoms with Gasteiger partial charge in [-0.2, -0.15) is 5.26 Å². The van der Waals surface area contributed by atoms with E-state index in [0.717, 1.165) is 17.5 Å². The molecule has 20 heavy (non-hydrogen) atoms. The highest BCUT2D eigenvalue weighted by Gasteiger charge is 2.05. The van der Waals surface area contributed by atoms with E-state index in [1.54, 1.807) is 18.2 Å². The van der Waals surface area contributed by atoms with Crippen LogP contribution in [0.25, 0.3) is 0 Å². The summed E-state index contributed by atoms with van der Waals surface area (Å²) in [6.45, 7) is 2.30. The highest BCUT2D eigenvalue weighted by atomic mass is 35.5. The van der Waals surface area contributed by atoms with Gasteiger partial charge in [0.2, 0.25) is 0 Å².